The Morgan fingerprint density at radius 2 is 2.22 bits per heavy atom. The molecule has 5 heteroatoms. The first-order valence-corrected chi connectivity index (χ1v) is 5.39. The van der Waals surface area contributed by atoms with Crippen LogP contribution in [0.25, 0.3) is 6.08 Å². The van der Waals surface area contributed by atoms with Crippen LogP contribution in [0.4, 0.5) is 4.39 Å². The fourth-order valence-electron chi connectivity index (χ4n) is 1.28. The highest BCUT2D eigenvalue weighted by molar-refractivity contribution is 5.85. The second-order valence-electron chi connectivity index (χ2n) is 3.57. The van der Waals surface area contributed by atoms with Gasteiger partial charge in [0, 0.05) is 18.7 Å². The standard InChI is InChI=1S/C13H15FO4/c1-17-6-7-18-9-11-4-2-10(8-12(11)14)3-5-13(15)16/h2-5,8H,6-7,9H2,1H3,(H,15,16)/b5-3+. The van der Waals surface area contributed by atoms with Gasteiger partial charge in [0.25, 0.3) is 0 Å². The molecule has 0 bridgehead atoms. The van der Waals surface area contributed by atoms with E-state index in [1.54, 1.807) is 19.2 Å². The molecular weight excluding hydrogens is 239 g/mol. The van der Waals surface area contributed by atoms with E-state index in [9.17, 15) is 9.18 Å². The first-order valence-electron chi connectivity index (χ1n) is 5.39. The number of carboxylic acids is 1. The maximum atomic E-state index is 13.6. The van der Waals surface area contributed by atoms with Crippen molar-refractivity contribution in [3.63, 3.8) is 0 Å². The van der Waals surface area contributed by atoms with Gasteiger partial charge in [-0.1, -0.05) is 12.1 Å². The zero-order valence-corrected chi connectivity index (χ0v) is 10.1. The maximum absolute atomic E-state index is 13.6. The van der Waals surface area contributed by atoms with Crippen LogP contribution in [0, 0.1) is 5.82 Å². The Morgan fingerprint density at radius 1 is 1.44 bits per heavy atom. The van der Waals surface area contributed by atoms with E-state index in [0.717, 1.165) is 6.08 Å². The molecule has 4 nitrogen and oxygen atoms in total. The lowest BCUT2D eigenvalue weighted by atomic mass is 10.1. The molecule has 1 aromatic carbocycles. The van der Waals surface area contributed by atoms with E-state index >= 15 is 0 Å². The van der Waals surface area contributed by atoms with Crippen molar-refractivity contribution in [2.75, 3.05) is 20.3 Å². The second-order valence-corrected chi connectivity index (χ2v) is 3.57. The molecule has 0 radical (unpaired) electrons. The Morgan fingerprint density at radius 3 is 2.83 bits per heavy atom. The number of halogens is 1. The Kier molecular flexibility index (Phi) is 6.04. The third kappa shape index (κ3) is 5.07. The topological polar surface area (TPSA) is 55.8 Å². The normalized spacial score (nSPS) is 11.0. The zero-order chi connectivity index (χ0) is 13.4. The van der Waals surface area contributed by atoms with Crippen LogP contribution in [0.5, 0.6) is 0 Å². The molecule has 0 spiro atoms. The summed E-state index contributed by atoms with van der Waals surface area (Å²) in [4.78, 5) is 10.3. The van der Waals surface area contributed by atoms with E-state index < -0.39 is 11.8 Å². The number of carboxylic acid groups (broad SMARTS) is 1. The Balaban J connectivity index is 2.59. The molecule has 0 atom stereocenters. The minimum absolute atomic E-state index is 0.165. The second kappa shape index (κ2) is 7.58. The van der Waals surface area contributed by atoms with E-state index in [4.69, 9.17) is 14.6 Å². The van der Waals surface area contributed by atoms with Gasteiger partial charge in [0.05, 0.1) is 19.8 Å². The quantitative estimate of drug-likeness (QED) is 0.598. The van der Waals surface area contributed by atoms with Crippen molar-refractivity contribution in [2.45, 2.75) is 6.61 Å². The molecule has 1 aromatic rings. The molecule has 0 unspecified atom stereocenters. The summed E-state index contributed by atoms with van der Waals surface area (Å²) >= 11 is 0. The van der Waals surface area contributed by atoms with E-state index in [2.05, 4.69) is 0 Å². The van der Waals surface area contributed by atoms with Crippen LogP contribution in [0.2, 0.25) is 0 Å². The SMILES string of the molecule is COCCOCc1ccc(/C=C/C(=O)O)cc1F. The van der Waals surface area contributed by atoms with Crippen molar-refractivity contribution in [3.05, 3.63) is 41.2 Å². The Labute approximate surface area is 105 Å². The predicted molar refractivity (Wildman–Crippen MR) is 64.6 cm³/mol. The fourth-order valence-corrected chi connectivity index (χ4v) is 1.28. The lowest BCUT2D eigenvalue weighted by Gasteiger charge is -2.05. The molecule has 0 saturated heterocycles. The number of carbonyl (C=O) groups is 1. The maximum Gasteiger partial charge on any atom is 0.328 e. The van der Waals surface area contributed by atoms with E-state index in [1.165, 1.54) is 12.1 Å². The van der Waals surface area contributed by atoms with Crippen LogP contribution >= 0.6 is 0 Å². The van der Waals surface area contributed by atoms with Gasteiger partial charge in [-0.3, -0.25) is 0 Å². The molecule has 0 aliphatic carbocycles. The summed E-state index contributed by atoms with van der Waals surface area (Å²) in [5.41, 5.74) is 0.925. The third-order valence-corrected chi connectivity index (χ3v) is 2.18. The monoisotopic (exact) mass is 254 g/mol. The van der Waals surface area contributed by atoms with Crippen LogP contribution in [-0.2, 0) is 20.9 Å². The van der Waals surface area contributed by atoms with Crippen molar-refractivity contribution in [1.82, 2.24) is 0 Å². The molecule has 0 aromatic heterocycles. The largest absolute Gasteiger partial charge is 0.478 e. The van der Waals surface area contributed by atoms with Crippen LogP contribution in [0.3, 0.4) is 0 Å². The molecule has 0 fully saturated rings. The van der Waals surface area contributed by atoms with Gasteiger partial charge in [0.1, 0.15) is 5.82 Å². The van der Waals surface area contributed by atoms with Crippen LogP contribution in [0.15, 0.2) is 24.3 Å². The number of aliphatic carboxylic acids is 1. The number of hydrogen-bond acceptors (Lipinski definition) is 3. The molecule has 1 rings (SSSR count). The first-order chi connectivity index (χ1) is 8.63. The van der Waals surface area contributed by atoms with E-state index in [1.807, 2.05) is 0 Å². The Hall–Kier alpha value is -1.72. The lowest BCUT2D eigenvalue weighted by Crippen LogP contribution is -2.03. The average molecular weight is 254 g/mol. The summed E-state index contributed by atoms with van der Waals surface area (Å²) in [5.74, 6) is -1.48. The zero-order valence-electron chi connectivity index (χ0n) is 10.1. The van der Waals surface area contributed by atoms with Crippen molar-refractivity contribution in [1.29, 1.82) is 0 Å². The van der Waals surface area contributed by atoms with Crippen LogP contribution in [0.1, 0.15) is 11.1 Å². The number of hydrogen-bond donors (Lipinski definition) is 1. The first kappa shape index (κ1) is 14.3. The number of rotatable bonds is 7. The minimum atomic E-state index is -1.07. The van der Waals surface area contributed by atoms with Gasteiger partial charge >= 0.3 is 5.97 Å². The molecule has 0 heterocycles. The summed E-state index contributed by atoms with van der Waals surface area (Å²) in [6.45, 7) is 1.02. The predicted octanol–water partition coefficient (Wildman–Crippen LogP) is 2.09. The summed E-state index contributed by atoms with van der Waals surface area (Å²) in [6.07, 6.45) is 2.30. The highest BCUT2D eigenvalue weighted by Crippen LogP contribution is 2.12. The smallest absolute Gasteiger partial charge is 0.328 e. The van der Waals surface area contributed by atoms with E-state index in [0.29, 0.717) is 24.3 Å². The van der Waals surface area contributed by atoms with Gasteiger partial charge in [0.2, 0.25) is 0 Å². The van der Waals surface area contributed by atoms with Gasteiger partial charge in [-0.25, -0.2) is 9.18 Å². The van der Waals surface area contributed by atoms with Crippen molar-refractivity contribution in [2.24, 2.45) is 0 Å². The van der Waals surface area contributed by atoms with Gasteiger partial charge < -0.3 is 14.6 Å². The van der Waals surface area contributed by atoms with Crippen molar-refractivity contribution >= 4 is 12.0 Å². The summed E-state index contributed by atoms with van der Waals surface area (Å²) in [6, 6.07) is 4.48. The summed E-state index contributed by atoms with van der Waals surface area (Å²) in [5, 5.41) is 8.45. The number of ether oxygens (including phenoxy) is 2. The lowest BCUT2D eigenvalue weighted by molar-refractivity contribution is -0.131. The third-order valence-electron chi connectivity index (χ3n) is 2.18. The van der Waals surface area contributed by atoms with Crippen LogP contribution in [-0.4, -0.2) is 31.4 Å². The Bertz CT molecular complexity index is 429. The number of methoxy groups -OCH3 is 1. The van der Waals surface area contributed by atoms with Gasteiger partial charge in [-0.15, -0.1) is 0 Å². The molecule has 98 valence electrons. The summed E-state index contributed by atoms with van der Waals surface area (Å²) in [7, 11) is 1.56. The van der Waals surface area contributed by atoms with Crippen LogP contribution < -0.4 is 0 Å². The highest BCUT2D eigenvalue weighted by atomic mass is 19.1. The molecule has 1 N–H and O–H groups in total. The van der Waals surface area contributed by atoms with Gasteiger partial charge in [0.15, 0.2) is 0 Å². The molecular formula is C13H15FO4. The van der Waals surface area contributed by atoms with Crippen molar-refractivity contribution < 1.29 is 23.8 Å². The molecule has 0 saturated carbocycles. The van der Waals surface area contributed by atoms with Gasteiger partial charge in [-0.2, -0.15) is 0 Å². The fraction of sp³-hybridized carbons (Fsp3) is 0.308. The van der Waals surface area contributed by atoms with Crippen molar-refractivity contribution in [3.8, 4) is 0 Å². The number of benzene rings is 1. The highest BCUT2D eigenvalue weighted by Gasteiger charge is 2.03. The molecule has 0 aliphatic heterocycles. The summed E-state index contributed by atoms with van der Waals surface area (Å²) < 4.78 is 23.6. The van der Waals surface area contributed by atoms with Gasteiger partial charge in [-0.05, 0) is 17.7 Å². The minimum Gasteiger partial charge on any atom is -0.478 e. The van der Waals surface area contributed by atoms with E-state index in [-0.39, 0.29) is 6.61 Å². The molecule has 0 amide bonds. The molecule has 0 aliphatic rings. The molecule has 18 heavy (non-hydrogen) atoms. The average Bonchev–Trinajstić information content (AvgIpc) is 2.34.